The Kier molecular flexibility index (Phi) is 9.20. The summed E-state index contributed by atoms with van der Waals surface area (Å²) in [6.45, 7) is 10.7. The smallest absolute Gasteiger partial charge is 0.227 e. The summed E-state index contributed by atoms with van der Waals surface area (Å²) < 4.78 is 0. The van der Waals surface area contributed by atoms with E-state index in [0.29, 0.717) is 6.42 Å². The van der Waals surface area contributed by atoms with Crippen LogP contribution < -0.4 is 4.90 Å². The molecule has 0 radical (unpaired) electrons. The molecule has 142 valence electrons. The summed E-state index contributed by atoms with van der Waals surface area (Å²) in [6, 6.07) is 8.05. The molecule has 0 spiro atoms. The lowest BCUT2D eigenvalue weighted by Crippen LogP contribution is -2.42. The van der Waals surface area contributed by atoms with Gasteiger partial charge in [-0.2, -0.15) is 0 Å². The fourth-order valence-electron chi connectivity index (χ4n) is 3.18. The highest BCUT2D eigenvalue weighted by Gasteiger charge is 2.28. The van der Waals surface area contributed by atoms with Gasteiger partial charge in [0.05, 0.1) is 6.61 Å². The molecule has 1 N–H and O–H groups in total. The monoisotopic (exact) mass is 347 g/mol. The lowest BCUT2D eigenvalue weighted by molar-refractivity contribution is -0.120. The second-order valence-electron chi connectivity index (χ2n) is 8.27. The minimum Gasteiger partial charge on any atom is -0.392 e. The maximum absolute atomic E-state index is 13.2. The number of aliphatic hydroxyl groups excluding tert-OH is 1. The third-order valence-electron chi connectivity index (χ3n) is 4.47. The standard InChI is InChI=1S/C22H37NO2/c1-6-8-12-19(13-9-7-2)23(21(25)16-22(3,4)5)20-14-10-11-18(15-20)17-24/h10-11,14-15,19,24H,6-9,12-13,16-17H2,1-5H3. The Morgan fingerprint density at radius 1 is 1.12 bits per heavy atom. The topological polar surface area (TPSA) is 40.5 Å². The van der Waals surface area contributed by atoms with E-state index in [2.05, 4.69) is 34.6 Å². The quantitative estimate of drug-likeness (QED) is 0.590. The van der Waals surface area contributed by atoms with E-state index in [1.54, 1.807) is 0 Å². The van der Waals surface area contributed by atoms with Gasteiger partial charge in [-0.3, -0.25) is 4.79 Å². The number of rotatable bonds is 10. The number of unbranched alkanes of at least 4 members (excludes halogenated alkanes) is 2. The number of benzene rings is 1. The second kappa shape index (κ2) is 10.6. The summed E-state index contributed by atoms with van der Waals surface area (Å²) >= 11 is 0. The average Bonchev–Trinajstić information content (AvgIpc) is 2.55. The molecule has 1 aromatic carbocycles. The highest BCUT2D eigenvalue weighted by atomic mass is 16.3. The molecule has 0 unspecified atom stereocenters. The molecule has 0 saturated carbocycles. The predicted molar refractivity (Wildman–Crippen MR) is 107 cm³/mol. The van der Waals surface area contributed by atoms with Crippen molar-refractivity contribution < 1.29 is 9.90 Å². The van der Waals surface area contributed by atoms with Gasteiger partial charge in [0.2, 0.25) is 5.91 Å². The van der Waals surface area contributed by atoms with Crippen LogP contribution in [-0.2, 0) is 11.4 Å². The van der Waals surface area contributed by atoms with Crippen molar-refractivity contribution in [3.63, 3.8) is 0 Å². The molecular formula is C22H37NO2. The summed E-state index contributed by atoms with van der Waals surface area (Å²) in [7, 11) is 0. The van der Waals surface area contributed by atoms with Crippen LogP contribution in [-0.4, -0.2) is 17.1 Å². The zero-order valence-corrected chi connectivity index (χ0v) is 16.8. The Morgan fingerprint density at radius 3 is 2.20 bits per heavy atom. The summed E-state index contributed by atoms with van der Waals surface area (Å²) in [4.78, 5) is 15.2. The molecule has 0 aromatic heterocycles. The van der Waals surface area contributed by atoms with Gasteiger partial charge in [-0.1, -0.05) is 72.4 Å². The van der Waals surface area contributed by atoms with Crippen molar-refractivity contribution in [3.8, 4) is 0 Å². The van der Waals surface area contributed by atoms with Crippen molar-refractivity contribution in [2.75, 3.05) is 4.90 Å². The van der Waals surface area contributed by atoms with Gasteiger partial charge in [0, 0.05) is 18.2 Å². The van der Waals surface area contributed by atoms with Crippen molar-refractivity contribution in [1.82, 2.24) is 0 Å². The number of nitrogens with zero attached hydrogens (tertiary/aromatic N) is 1. The van der Waals surface area contributed by atoms with Gasteiger partial charge < -0.3 is 10.0 Å². The summed E-state index contributed by atoms with van der Waals surface area (Å²) in [5.74, 6) is 0.194. The second-order valence-corrected chi connectivity index (χ2v) is 8.27. The lowest BCUT2D eigenvalue weighted by atomic mass is 9.90. The van der Waals surface area contributed by atoms with Gasteiger partial charge >= 0.3 is 0 Å². The first kappa shape index (κ1) is 21.7. The van der Waals surface area contributed by atoms with Crippen LogP contribution in [0.1, 0.15) is 85.1 Å². The molecule has 0 aliphatic rings. The molecule has 0 heterocycles. The molecule has 0 bridgehead atoms. The van der Waals surface area contributed by atoms with Crippen LogP contribution >= 0.6 is 0 Å². The zero-order chi connectivity index (χ0) is 18.9. The van der Waals surface area contributed by atoms with Gasteiger partial charge in [0.25, 0.3) is 0 Å². The first-order valence-electron chi connectivity index (χ1n) is 9.84. The third kappa shape index (κ3) is 7.60. The first-order chi connectivity index (χ1) is 11.8. The Morgan fingerprint density at radius 2 is 1.72 bits per heavy atom. The number of aliphatic hydroxyl groups is 1. The van der Waals surface area contributed by atoms with Gasteiger partial charge in [0.1, 0.15) is 0 Å². The van der Waals surface area contributed by atoms with Crippen molar-refractivity contribution in [3.05, 3.63) is 29.8 Å². The largest absolute Gasteiger partial charge is 0.392 e. The first-order valence-corrected chi connectivity index (χ1v) is 9.84. The Balaban J connectivity index is 3.19. The molecule has 3 nitrogen and oxygen atoms in total. The number of hydrogen-bond donors (Lipinski definition) is 1. The molecule has 3 heteroatoms. The number of carbonyl (C=O) groups is 1. The van der Waals surface area contributed by atoms with Crippen LogP contribution in [0.2, 0.25) is 0 Å². The summed E-state index contributed by atoms with van der Waals surface area (Å²) in [5.41, 5.74) is 1.75. The molecular weight excluding hydrogens is 310 g/mol. The highest BCUT2D eigenvalue weighted by molar-refractivity contribution is 5.94. The Labute approximate surface area is 154 Å². The van der Waals surface area contributed by atoms with Crippen molar-refractivity contribution in [1.29, 1.82) is 0 Å². The van der Waals surface area contributed by atoms with Crippen LogP contribution in [0.4, 0.5) is 5.69 Å². The molecule has 0 atom stereocenters. The molecule has 0 fully saturated rings. The maximum atomic E-state index is 13.2. The molecule has 25 heavy (non-hydrogen) atoms. The Bertz CT molecular complexity index is 511. The van der Waals surface area contributed by atoms with Crippen LogP contribution in [0.25, 0.3) is 0 Å². The number of hydrogen-bond acceptors (Lipinski definition) is 2. The minimum absolute atomic E-state index is 0.00370. The van der Waals surface area contributed by atoms with Gasteiger partial charge in [-0.15, -0.1) is 0 Å². The highest BCUT2D eigenvalue weighted by Crippen LogP contribution is 2.29. The molecule has 0 saturated heterocycles. The lowest BCUT2D eigenvalue weighted by Gasteiger charge is -2.34. The van der Waals surface area contributed by atoms with E-state index in [-0.39, 0.29) is 24.0 Å². The van der Waals surface area contributed by atoms with Gasteiger partial charge in [-0.05, 0) is 36.0 Å². The van der Waals surface area contributed by atoms with Crippen LogP contribution in [0.15, 0.2) is 24.3 Å². The fourth-order valence-corrected chi connectivity index (χ4v) is 3.18. The van der Waals surface area contributed by atoms with Crippen molar-refractivity contribution >= 4 is 11.6 Å². The predicted octanol–water partition coefficient (Wildman–Crippen LogP) is 5.70. The zero-order valence-electron chi connectivity index (χ0n) is 16.8. The Hall–Kier alpha value is -1.35. The van der Waals surface area contributed by atoms with E-state index in [9.17, 15) is 9.90 Å². The van der Waals surface area contributed by atoms with Crippen LogP contribution in [0, 0.1) is 5.41 Å². The maximum Gasteiger partial charge on any atom is 0.227 e. The van der Waals surface area contributed by atoms with E-state index < -0.39 is 0 Å². The van der Waals surface area contributed by atoms with E-state index in [4.69, 9.17) is 0 Å². The average molecular weight is 348 g/mol. The number of amides is 1. The fraction of sp³-hybridized carbons (Fsp3) is 0.682. The molecule has 0 aliphatic heterocycles. The molecule has 0 aliphatic carbocycles. The van der Waals surface area contributed by atoms with E-state index in [1.165, 1.54) is 0 Å². The number of anilines is 1. The van der Waals surface area contributed by atoms with Crippen LogP contribution in [0.5, 0.6) is 0 Å². The van der Waals surface area contributed by atoms with Gasteiger partial charge in [-0.25, -0.2) is 0 Å². The minimum atomic E-state index is -0.0377. The molecule has 1 rings (SSSR count). The molecule has 1 aromatic rings. The summed E-state index contributed by atoms with van der Waals surface area (Å²) in [5, 5.41) is 9.49. The molecule has 1 amide bonds. The summed E-state index contributed by atoms with van der Waals surface area (Å²) in [6.07, 6.45) is 7.15. The van der Waals surface area contributed by atoms with E-state index in [0.717, 1.165) is 49.8 Å². The number of carbonyl (C=O) groups excluding carboxylic acids is 1. The van der Waals surface area contributed by atoms with Crippen LogP contribution in [0.3, 0.4) is 0 Å². The van der Waals surface area contributed by atoms with E-state index in [1.807, 2.05) is 29.2 Å². The SMILES string of the molecule is CCCCC(CCCC)N(C(=O)CC(C)(C)C)c1cccc(CO)c1. The third-order valence-corrected chi connectivity index (χ3v) is 4.47. The van der Waals surface area contributed by atoms with E-state index >= 15 is 0 Å². The van der Waals surface area contributed by atoms with Crippen molar-refractivity contribution in [2.45, 2.75) is 92.2 Å². The normalized spacial score (nSPS) is 11.8. The van der Waals surface area contributed by atoms with Crippen molar-refractivity contribution in [2.24, 2.45) is 5.41 Å². The van der Waals surface area contributed by atoms with Gasteiger partial charge in [0.15, 0.2) is 0 Å².